The molecule has 0 aliphatic heterocycles. The van der Waals surface area contributed by atoms with Crippen LogP contribution in [0.4, 0.5) is 5.69 Å². The Morgan fingerprint density at radius 3 is 2.62 bits per heavy atom. The van der Waals surface area contributed by atoms with E-state index in [0.717, 1.165) is 0 Å². The number of nitrogens with one attached hydrogen (secondary N) is 1. The van der Waals surface area contributed by atoms with Gasteiger partial charge in [-0.2, -0.15) is 0 Å². The minimum Gasteiger partial charge on any atom is -0.383 e. The number of rotatable bonds is 4. The van der Waals surface area contributed by atoms with Crippen molar-refractivity contribution in [2.24, 2.45) is 5.73 Å². The predicted molar refractivity (Wildman–Crippen MR) is 59.7 cm³/mol. The van der Waals surface area contributed by atoms with E-state index in [1.54, 1.807) is 24.3 Å². The van der Waals surface area contributed by atoms with Crippen LogP contribution in [-0.2, 0) is 16.0 Å². The van der Waals surface area contributed by atoms with E-state index in [2.05, 4.69) is 5.32 Å². The highest BCUT2D eigenvalue weighted by Gasteiger charge is 2.14. The summed E-state index contributed by atoms with van der Waals surface area (Å²) in [6.07, 6.45) is -1.15. The average molecular weight is 222 g/mol. The molecule has 0 aliphatic rings. The molecule has 0 radical (unpaired) electrons. The second-order valence-corrected chi connectivity index (χ2v) is 3.46. The van der Waals surface area contributed by atoms with Crippen LogP contribution >= 0.6 is 0 Å². The molecule has 0 aliphatic carbocycles. The lowest BCUT2D eigenvalue weighted by Gasteiger charge is -2.11. The van der Waals surface area contributed by atoms with Crippen molar-refractivity contribution in [1.82, 2.24) is 0 Å². The van der Waals surface area contributed by atoms with Gasteiger partial charge in [-0.3, -0.25) is 9.59 Å². The first-order valence-electron chi connectivity index (χ1n) is 4.83. The van der Waals surface area contributed by atoms with Crippen molar-refractivity contribution in [1.29, 1.82) is 0 Å². The number of para-hydroxylation sites is 1. The lowest BCUT2D eigenvalue weighted by molar-refractivity contribution is -0.125. The highest BCUT2D eigenvalue weighted by atomic mass is 16.3. The van der Waals surface area contributed by atoms with Crippen LogP contribution in [0.1, 0.15) is 12.5 Å². The molecule has 0 spiro atoms. The summed E-state index contributed by atoms with van der Waals surface area (Å²) in [5.74, 6) is -0.987. The molecular weight excluding hydrogens is 208 g/mol. The lowest BCUT2D eigenvalue weighted by Crippen LogP contribution is -2.30. The molecule has 2 amide bonds. The van der Waals surface area contributed by atoms with Crippen molar-refractivity contribution in [2.45, 2.75) is 19.4 Å². The Hall–Kier alpha value is -1.88. The van der Waals surface area contributed by atoms with Crippen LogP contribution in [0.3, 0.4) is 0 Å². The fourth-order valence-corrected chi connectivity index (χ4v) is 1.32. The maximum atomic E-state index is 10.9. The first-order chi connectivity index (χ1) is 7.50. The van der Waals surface area contributed by atoms with Gasteiger partial charge < -0.3 is 16.2 Å². The number of amides is 2. The van der Waals surface area contributed by atoms with Crippen molar-refractivity contribution < 1.29 is 14.7 Å². The molecule has 1 unspecified atom stereocenters. The van der Waals surface area contributed by atoms with Gasteiger partial charge in [-0.25, -0.2) is 0 Å². The number of benzene rings is 1. The number of aliphatic hydroxyl groups excluding tert-OH is 1. The van der Waals surface area contributed by atoms with Gasteiger partial charge in [0, 0.05) is 19.0 Å². The predicted octanol–water partition coefficient (Wildman–Crippen LogP) is 0.0337. The quantitative estimate of drug-likeness (QED) is 0.671. The summed E-state index contributed by atoms with van der Waals surface area (Å²) in [4.78, 5) is 21.6. The third-order valence-electron chi connectivity index (χ3n) is 2.07. The number of aliphatic hydroxyl groups is 1. The smallest absolute Gasteiger partial charge is 0.246 e. The fourth-order valence-electron chi connectivity index (χ4n) is 1.32. The van der Waals surface area contributed by atoms with Crippen molar-refractivity contribution in [2.75, 3.05) is 5.32 Å². The molecule has 1 aromatic carbocycles. The van der Waals surface area contributed by atoms with Crippen molar-refractivity contribution in [3.05, 3.63) is 29.8 Å². The van der Waals surface area contributed by atoms with E-state index < -0.39 is 12.0 Å². The van der Waals surface area contributed by atoms with Gasteiger partial charge in [-0.1, -0.05) is 18.2 Å². The van der Waals surface area contributed by atoms with E-state index in [-0.39, 0.29) is 12.3 Å². The summed E-state index contributed by atoms with van der Waals surface area (Å²) in [6, 6.07) is 6.93. The van der Waals surface area contributed by atoms with Gasteiger partial charge in [0.2, 0.25) is 11.8 Å². The molecule has 4 N–H and O–H groups in total. The molecule has 16 heavy (non-hydrogen) atoms. The molecule has 1 atom stereocenters. The highest BCUT2D eigenvalue weighted by molar-refractivity contribution is 5.89. The summed E-state index contributed by atoms with van der Waals surface area (Å²) in [6.45, 7) is 1.39. The number of carbonyl (C=O) groups is 2. The van der Waals surface area contributed by atoms with Crippen LogP contribution < -0.4 is 11.1 Å². The van der Waals surface area contributed by atoms with Crippen LogP contribution in [0.5, 0.6) is 0 Å². The molecule has 0 saturated carbocycles. The second kappa shape index (κ2) is 5.27. The lowest BCUT2D eigenvalue weighted by atomic mass is 10.1. The average Bonchev–Trinajstić information content (AvgIpc) is 2.20. The molecule has 0 heterocycles. The minimum absolute atomic E-state index is 0.0891. The number of primary amides is 1. The second-order valence-electron chi connectivity index (χ2n) is 3.46. The molecule has 0 aromatic heterocycles. The molecular formula is C11H14N2O3. The van der Waals surface area contributed by atoms with E-state index >= 15 is 0 Å². The van der Waals surface area contributed by atoms with E-state index in [0.29, 0.717) is 11.3 Å². The van der Waals surface area contributed by atoms with Gasteiger partial charge in [-0.15, -0.1) is 0 Å². The van der Waals surface area contributed by atoms with Gasteiger partial charge in [0.15, 0.2) is 0 Å². The number of hydrogen-bond donors (Lipinski definition) is 3. The molecule has 0 fully saturated rings. The normalized spacial score (nSPS) is 11.9. The largest absolute Gasteiger partial charge is 0.383 e. The van der Waals surface area contributed by atoms with Gasteiger partial charge in [0.05, 0.1) is 0 Å². The molecule has 5 nitrogen and oxygen atoms in total. The molecule has 1 aromatic rings. The minimum atomic E-state index is -1.24. The van der Waals surface area contributed by atoms with Gasteiger partial charge in [0.25, 0.3) is 0 Å². The Morgan fingerprint density at radius 2 is 2.06 bits per heavy atom. The monoisotopic (exact) mass is 222 g/mol. The summed E-state index contributed by atoms with van der Waals surface area (Å²) < 4.78 is 0. The Kier molecular flexibility index (Phi) is 4.02. The van der Waals surface area contributed by atoms with Gasteiger partial charge in [0.1, 0.15) is 6.10 Å². The summed E-state index contributed by atoms with van der Waals surface area (Å²) >= 11 is 0. The molecule has 5 heteroatoms. The van der Waals surface area contributed by atoms with Crippen molar-refractivity contribution in [3.63, 3.8) is 0 Å². The zero-order valence-corrected chi connectivity index (χ0v) is 8.93. The zero-order valence-electron chi connectivity index (χ0n) is 8.93. The summed E-state index contributed by atoms with van der Waals surface area (Å²) in [7, 11) is 0. The topological polar surface area (TPSA) is 92.4 Å². The standard InChI is InChI=1S/C11H14N2O3/c1-7(14)13-9-5-3-2-4-8(9)6-10(15)11(12)16/h2-5,10,15H,6H2,1H3,(H2,12,16)(H,13,14). The number of anilines is 1. The fraction of sp³-hybridized carbons (Fsp3) is 0.273. The summed E-state index contributed by atoms with van der Waals surface area (Å²) in [5.41, 5.74) is 6.21. The van der Waals surface area contributed by atoms with Crippen LogP contribution in [0.2, 0.25) is 0 Å². The van der Waals surface area contributed by atoms with Crippen molar-refractivity contribution in [3.8, 4) is 0 Å². The van der Waals surface area contributed by atoms with E-state index in [4.69, 9.17) is 5.73 Å². The van der Waals surface area contributed by atoms with E-state index in [9.17, 15) is 14.7 Å². The third-order valence-corrected chi connectivity index (χ3v) is 2.07. The van der Waals surface area contributed by atoms with Gasteiger partial charge >= 0.3 is 0 Å². The molecule has 1 rings (SSSR count). The maximum Gasteiger partial charge on any atom is 0.246 e. The first-order valence-corrected chi connectivity index (χ1v) is 4.83. The Morgan fingerprint density at radius 1 is 1.44 bits per heavy atom. The number of nitrogens with two attached hydrogens (primary N) is 1. The molecule has 0 bridgehead atoms. The number of carbonyl (C=O) groups excluding carboxylic acids is 2. The zero-order chi connectivity index (χ0) is 12.1. The molecule has 0 saturated heterocycles. The maximum absolute atomic E-state index is 10.9. The van der Waals surface area contributed by atoms with Crippen molar-refractivity contribution >= 4 is 17.5 Å². The summed E-state index contributed by atoms with van der Waals surface area (Å²) in [5, 5.41) is 12.0. The molecule has 86 valence electrons. The highest BCUT2D eigenvalue weighted by Crippen LogP contribution is 2.16. The van der Waals surface area contributed by atoms with E-state index in [1.807, 2.05) is 0 Å². The third kappa shape index (κ3) is 3.36. The van der Waals surface area contributed by atoms with Crippen LogP contribution in [-0.4, -0.2) is 23.0 Å². The Balaban J connectivity index is 2.86. The first kappa shape index (κ1) is 12.2. The number of hydrogen-bond acceptors (Lipinski definition) is 3. The van der Waals surface area contributed by atoms with Gasteiger partial charge in [-0.05, 0) is 11.6 Å². The van der Waals surface area contributed by atoms with Crippen LogP contribution in [0, 0.1) is 0 Å². The Labute approximate surface area is 93.3 Å². The van der Waals surface area contributed by atoms with Crippen LogP contribution in [0.15, 0.2) is 24.3 Å². The van der Waals surface area contributed by atoms with E-state index in [1.165, 1.54) is 6.92 Å². The Bertz CT molecular complexity index is 404. The SMILES string of the molecule is CC(=O)Nc1ccccc1CC(O)C(N)=O. The van der Waals surface area contributed by atoms with Crippen LogP contribution in [0.25, 0.3) is 0 Å².